The van der Waals surface area contributed by atoms with Crippen LogP contribution in [0.2, 0.25) is 0 Å². The fraction of sp³-hybridized carbons (Fsp3) is 0.385. The second-order valence-electron chi connectivity index (χ2n) is 9.21. The number of aryl methyl sites for hydroxylation is 2. The number of para-hydroxylation sites is 2. The molecule has 208 valence electrons. The number of anilines is 2. The van der Waals surface area contributed by atoms with Crippen LogP contribution in [0.4, 0.5) is 10.3 Å². The number of nitrogens with zero attached hydrogens (tertiary/aromatic N) is 4. The molecule has 1 aliphatic carbocycles. The number of fused-ring (bicyclic) bond motifs is 2. The van der Waals surface area contributed by atoms with Gasteiger partial charge in [0.05, 0.1) is 6.61 Å². The predicted molar refractivity (Wildman–Crippen MR) is 147 cm³/mol. The Kier molecular flexibility index (Phi) is 8.09. The molecule has 4 unspecified atom stereocenters. The molecule has 14 heteroatoms. The number of ether oxygens (including phenoxy) is 4. The highest BCUT2D eigenvalue weighted by Crippen LogP contribution is 2.31. The minimum Gasteiger partial charge on any atom is -0.485 e. The molecule has 40 heavy (non-hydrogen) atoms. The van der Waals surface area contributed by atoms with Gasteiger partial charge in [-0.15, -0.1) is 20.4 Å². The van der Waals surface area contributed by atoms with Crippen molar-refractivity contribution in [1.82, 2.24) is 20.4 Å². The number of nitrogens with one attached hydrogen (secondary N) is 2. The summed E-state index contributed by atoms with van der Waals surface area (Å²) in [5, 5.41) is 24.6. The number of rotatable bonds is 9. The van der Waals surface area contributed by atoms with Crippen molar-refractivity contribution >= 4 is 44.8 Å². The number of aromatic nitrogens is 4. The van der Waals surface area contributed by atoms with Gasteiger partial charge >= 0.3 is 0 Å². The number of hydrogen-bond acceptors (Lipinski definition) is 12. The van der Waals surface area contributed by atoms with E-state index in [-0.39, 0.29) is 37.2 Å². The summed E-state index contributed by atoms with van der Waals surface area (Å²) in [5.74, 6) is 0.538. The van der Waals surface area contributed by atoms with E-state index in [0.717, 1.165) is 35.7 Å². The van der Waals surface area contributed by atoms with E-state index >= 15 is 0 Å². The van der Waals surface area contributed by atoms with Crippen LogP contribution in [0.3, 0.4) is 0 Å². The largest absolute Gasteiger partial charge is 0.485 e. The van der Waals surface area contributed by atoms with E-state index in [9.17, 15) is 9.59 Å². The molecule has 1 fully saturated rings. The van der Waals surface area contributed by atoms with Crippen LogP contribution in [-0.4, -0.2) is 69.8 Å². The highest BCUT2D eigenvalue weighted by atomic mass is 32.1. The normalized spacial score (nSPS) is 22.9. The quantitative estimate of drug-likeness (QED) is 0.361. The maximum atomic E-state index is 12.6. The summed E-state index contributed by atoms with van der Waals surface area (Å²) in [4.78, 5) is 25.2. The monoisotopic (exact) mass is 582 g/mol. The number of carbonyl (C=O) groups excluding carboxylic acids is 2. The molecule has 2 N–H and O–H groups in total. The average Bonchev–Trinajstić information content (AvgIpc) is 3.63. The lowest BCUT2D eigenvalue weighted by atomic mass is 10.1. The third kappa shape index (κ3) is 6.36. The van der Waals surface area contributed by atoms with Gasteiger partial charge in [0.25, 0.3) is 11.8 Å². The van der Waals surface area contributed by atoms with Crippen molar-refractivity contribution < 1.29 is 28.5 Å². The topological polar surface area (TPSA) is 147 Å². The van der Waals surface area contributed by atoms with Crippen LogP contribution in [0.25, 0.3) is 0 Å². The predicted octanol–water partition coefficient (Wildman–Crippen LogP) is 2.95. The minimum atomic E-state index is -0.758. The first kappa shape index (κ1) is 26.5. The first-order valence-electron chi connectivity index (χ1n) is 12.9. The molecule has 0 saturated carbocycles. The Morgan fingerprint density at radius 2 is 1.43 bits per heavy atom. The summed E-state index contributed by atoms with van der Waals surface area (Å²) in [6, 6.07) is 7.23. The van der Waals surface area contributed by atoms with E-state index in [1.54, 1.807) is 12.1 Å². The second kappa shape index (κ2) is 12.2. The van der Waals surface area contributed by atoms with Crippen LogP contribution >= 0.6 is 22.7 Å². The zero-order chi connectivity index (χ0) is 27.3. The molecule has 3 aliphatic rings. The van der Waals surface area contributed by atoms with Crippen molar-refractivity contribution in [2.75, 3.05) is 23.8 Å². The first-order valence-corrected chi connectivity index (χ1v) is 14.5. The third-order valence-corrected chi connectivity index (χ3v) is 8.11. The van der Waals surface area contributed by atoms with Crippen LogP contribution in [0.5, 0.6) is 11.5 Å². The highest BCUT2D eigenvalue weighted by molar-refractivity contribution is 7.15. The van der Waals surface area contributed by atoms with E-state index in [2.05, 4.69) is 31.0 Å². The molecule has 4 atom stereocenters. The van der Waals surface area contributed by atoms with Crippen molar-refractivity contribution in [2.24, 2.45) is 0 Å². The fourth-order valence-electron chi connectivity index (χ4n) is 4.29. The van der Waals surface area contributed by atoms with Crippen molar-refractivity contribution in [1.29, 1.82) is 0 Å². The number of benzene rings is 1. The van der Waals surface area contributed by atoms with E-state index in [4.69, 9.17) is 18.9 Å². The summed E-state index contributed by atoms with van der Waals surface area (Å²) < 4.78 is 22.9. The fourth-order valence-corrected chi connectivity index (χ4v) is 5.86. The van der Waals surface area contributed by atoms with Crippen molar-refractivity contribution in [3.05, 3.63) is 58.6 Å². The Morgan fingerprint density at radius 1 is 0.800 bits per heavy atom. The molecule has 2 aromatic heterocycles. The number of hydrogen-bond donors (Lipinski definition) is 2. The first-order chi connectivity index (χ1) is 19.6. The number of allylic oxidation sites excluding steroid dienone is 2. The Bertz CT molecular complexity index is 1420. The van der Waals surface area contributed by atoms with Crippen molar-refractivity contribution in [2.45, 2.75) is 50.1 Å². The van der Waals surface area contributed by atoms with Gasteiger partial charge in [-0.1, -0.05) is 59.1 Å². The lowest BCUT2D eigenvalue weighted by molar-refractivity contribution is -0.164. The summed E-state index contributed by atoms with van der Waals surface area (Å²) >= 11 is 2.68. The van der Waals surface area contributed by atoms with Gasteiger partial charge in [-0.25, -0.2) is 0 Å². The molecule has 1 saturated heterocycles. The average molecular weight is 583 g/mol. The number of unbranched alkanes of at least 4 members (excludes halogenated alkanes) is 1. The zero-order valence-corrected chi connectivity index (χ0v) is 22.9. The Labute approximate surface area is 237 Å². The van der Waals surface area contributed by atoms with Gasteiger partial charge in [0.1, 0.15) is 28.8 Å². The van der Waals surface area contributed by atoms with Gasteiger partial charge in [-0.3, -0.25) is 20.2 Å². The molecule has 6 rings (SSSR count). The SMILES string of the molecule is O=C(Nc1nnc(CCCCc2nnc(NC(=O)C3COC4C=CC=CC4O3)s2)s1)C1COc2ccccc2O1. The van der Waals surface area contributed by atoms with Gasteiger partial charge in [0, 0.05) is 12.8 Å². The second-order valence-corrected chi connectivity index (χ2v) is 11.3. The summed E-state index contributed by atoms with van der Waals surface area (Å²) in [6.07, 6.45) is 8.87. The molecular formula is C26H26N6O6S2. The van der Waals surface area contributed by atoms with Gasteiger partial charge in [-0.05, 0) is 25.0 Å². The van der Waals surface area contributed by atoms with Crippen LogP contribution < -0.4 is 20.1 Å². The molecule has 0 radical (unpaired) electrons. The van der Waals surface area contributed by atoms with E-state index in [0.29, 0.717) is 21.8 Å². The molecule has 0 bridgehead atoms. The molecule has 3 aromatic rings. The van der Waals surface area contributed by atoms with E-state index < -0.39 is 12.2 Å². The lowest BCUT2D eigenvalue weighted by Crippen LogP contribution is -2.47. The van der Waals surface area contributed by atoms with Gasteiger partial charge in [0.15, 0.2) is 17.6 Å². The van der Waals surface area contributed by atoms with Crippen LogP contribution in [0.1, 0.15) is 22.9 Å². The maximum Gasteiger partial charge on any atom is 0.270 e. The number of amides is 2. The Hall–Kier alpha value is -3.72. The van der Waals surface area contributed by atoms with Gasteiger partial charge in [-0.2, -0.15) is 0 Å². The maximum absolute atomic E-state index is 12.6. The third-order valence-electron chi connectivity index (χ3n) is 6.32. The van der Waals surface area contributed by atoms with Gasteiger partial charge < -0.3 is 18.9 Å². The minimum absolute atomic E-state index is 0.130. The van der Waals surface area contributed by atoms with Crippen molar-refractivity contribution in [3.63, 3.8) is 0 Å². The highest BCUT2D eigenvalue weighted by Gasteiger charge is 2.34. The van der Waals surface area contributed by atoms with Crippen LogP contribution in [-0.2, 0) is 31.9 Å². The molecule has 1 aromatic carbocycles. The standard InChI is InChI=1S/C26H26N6O6S2/c33-23(19-13-35-15-7-1-3-9-17(15)37-19)27-25-31-29-21(39-25)11-5-6-12-22-30-32-26(40-22)28-24(34)20-14-36-16-8-2-4-10-18(16)38-20/h1-4,7-10,15,17,19-20H,5-6,11-14H2,(H,27,31,33)(H,28,32,34). The van der Waals surface area contributed by atoms with E-state index in [1.165, 1.54) is 22.7 Å². The molecule has 2 aliphatic heterocycles. The molecule has 2 amide bonds. The Morgan fingerprint density at radius 3 is 2.12 bits per heavy atom. The van der Waals surface area contributed by atoms with Crippen LogP contribution in [0.15, 0.2) is 48.6 Å². The number of carbonyl (C=O) groups is 2. The summed E-state index contributed by atoms with van der Waals surface area (Å²) in [5.41, 5.74) is 0. The molecular weight excluding hydrogens is 556 g/mol. The van der Waals surface area contributed by atoms with Crippen molar-refractivity contribution in [3.8, 4) is 11.5 Å². The molecule has 4 heterocycles. The van der Waals surface area contributed by atoms with Crippen LogP contribution in [0, 0.1) is 0 Å². The summed E-state index contributed by atoms with van der Waals surface area (Å²) in [6.45, 7) is 0.315. The van der Waals surface area contributed by atoms with E-state index in [1.807, 2.05) is 36.4 Å². The molecule has 12 nitrogen and oxygen atoms in total. The Balaban J connectivity index is 0.905. The summed E-state index contributed by atoms with van der Waals surface area (Å²) in [7, 11) is 0. The smallest absolute Gasteiger partial charge is 0.270 e. The molecule has 0 spiro atoms. The lowest BCUT2D eigenvalue weighted by Gasteiger charge is -2.33. The van der Waals surface area contributed by atoms with Gasteiger partial charge in [0.2, 0.25) is 16.4 Å². The zero-order valence-electron chi connectivity index (χ0n) is 21.2.